The first-order valence-corrected chi connectivity index (χ1v) is 9.37. The number of carbonyl (C=O) groups is 1. The third-order valence-corrected chi connectivity index (χ3v) is 5.79. The van der Waals surface area contributed by atoms with Crippen LogP contribution in [0.3, 0.4) is 0 Å². The van der Waals surface area contributed by atoms with E-state index in [4.69, 9.17) is 23.2 Å². The molecule has 0 unspecified atom stereocenters. The molecule has 132 valence electrons. The monoisotopic (exact) mass is 398 g/mol. The highest BCUT2D eigenvalue weighted by Crippen LogP contribution is 2.25. The Kier molecular flexibility index (Phi) is 6.24. The number of nitrogens with one attached hydrogen (secondary N) is 1. The largest absolute Gasteiger partial charge is 0.323 e. The molecule has 5 nitrogen and oxygen atoms in total. The summed E-state index contributed by atoms with van der Waals surface area (Å²) in [7, 11) is -0.593. The lowest BCUT2D eigenvalue weighted by atomic mass is 10.2. The van der Waals surface area contributed by atoms with Crippen molar-refractivity contribution in [1.82, 2.24) is 4.31 Å². The molecule has 0 heterocycles. The number of benzene rings is 2. The van der Waals surface area contributed by atoms with Gasteiger partial charge in [-0.05, 0) is 42.5 Å². The minimum absolute atomic E-state index is 0.147. The third kappa shape index (κ3) is 4.83. The van der Waals surface area contributed by atoms with Gasteiger partial charge in [-0.25, -0.2) is 12.7 Å². The Balaban J connectivity index is 2.10. The zero-order valence-corrected chi connectivity index (χ0v) is 15.9. The molecule has 0 saturated carbocycles. The Morgan fingerprint density at radius 2 is 1.60 bits per heavy atom. The highest BCUT2D eigenvalue weighted by molar-refractivity contribution is 7.89. The molecule has 25 heavy (non-hydrogen) atoms. The third-order valence-electron chi connectivity index (χ3n) is 3.30. The number of rotatable bonds is 5. The van der Waals surface area contributed by atoms with Crippen LogP contribution in [0, 0.1) is 0 Å². The summed E-state index contributed by atoms with van der Waals surface area (Å²) in [6, 6.07) is 11.0. The molecule has 1 N–H and O–H groups in total. The van der Waals surface area contributed by atoms with E-state index in [0.717, 1.165) is 4.31 Å². The molecule has 0 atom stereocenters. The lowest BCUT2D eigenvalue weighted by Crippen LogP contribution is -2.22. The molecule has 0 radical (unpaired) electrons. The van der Waals surface area contributed by atoms with Crippen molar-refractivity contribution in [1.29, 1.82) is 0 Å². The van der Waals surface area contributed by atoms with E-state index >= 15 is 0 Å². The van der Waals surface area contributed by atoms with Crippen molar-refractivity contribution < 1.29 is 13.2 Å². The standard InChI is InChI=1S/C17H16Cl2N2O3S/c1-21(2)25(23,24)13-8-6-12(7-9-13)20-17(22)11-10-14-15(18)4-3-5-16(14)19/h3-11H,1-2H3,(H,20,22)/b11-10+. The Morgan fingerprint density at radius 3 is 2.12 bits per heavy atom. The summed E-state index contributed by atoms with van der Waals surface area (Å²) in [5.41, 5.74) is 1.02. The summed E-state index contributed by atoms with van der Waals surface area (Å²) in [6.45, 7) is 0. The average molecular weight is 399 g/mol. The molecule has 0 bridgehead atoms. The second-order valence-electron chi connectivity index (χ2n) is 5.27. The highest BCUT2D eigenvalue weighted by Gasteiger charge is 2.16. The molecule has 0 aliphatic carbocycles. The molecule has 2 aromatic carbocycles. The predicted molar refractivity (Wildman–Crippen MR) is 101 cm³/mol. The van der Waals surface area contributed by atoms with Gasteiger partial charge in [0, 0.05) is 41.5 Å². The molecule has 0 aromatic heterocycles. The van der Waals surface area contributed by atoms with Gasteiger partial charge in [-0.3, -0.25) is 4.79 Å². The lowest BCUT2D eigenvalue weighted by molar-refractivity contribution is -0.111. The molecule has 2 aromatic rings. The summed E-state index contributed by atoms with van der Waals surface area (Å²) in [5, 5.41) is 3.52. The first kappa shape index (κ1) is 19.5. The molecule has 0 saturated heterocycles. The van der Waals surface area contributed by atoms with Crippen LogP contribution >= 0.6 is 23.2 Å². The van der Waals surface area contributed by atoms with E-state index in [1.165, 1.54) is 50.5 Å². The second kappa shape index (κ2) is 8.01. The SMILES string of the molecule is CN(C)S(=O)(=O)c1ccc(NC(=O)/C=C/c2c(Cl)cccc2Cl)cc1. The first-order valence-electron chi connectivity index (χ1n) is 7.17. The fourth-order valence-electron chi connectivity index (χ4n) is 1.93. The molecule has 1 amide bonds. The number of carbonyl (C=O) groups excluding carboxylic acids is 1. The van der Waals surface area contributed by atoms with E-state index in [1.807, 2.05) is 0 Å². The molecule has 2 rings (SSSR count). The Hall–Kier alpha value is -1.86. The number of halogens is 2. The van der Waals surface area contributed by atoms with Gasteiger partial charge in [0.1, 0.15) is 0 Å². The smallest absolute Gasteiger partial charge is 0.248 e. The molecule has 8 heteroatoms. The second-order valence-corrected chi connectivity index (χ2v) is 8.24. The molecule has 0 aliphatic rings. The van der Waals surface area contributed by atoms with Gasteiger partial charge in [0.05, 0.1) is 4.90 Å². The molecule has 0 fully saturated rings. The van der Waals surface area contributed by atoms with Gasteiger partial charge in [0.15, 0.2) is 0 Å². The minimum Gasteiger partial charge on any atom is -0.323 e. The number of hydrogen-bond acceptors (Lipinski definition) is 3. The maximum Gasteiger partial charge on any atom is 0.248 e. The zero-order chi connectivity index (χ0) is 18.6. The van der Waals surface area contributed by atoms with Crippen molar-refractivity contribution in [3.63, 3.8) is 0 Å². The van der Waals surface area contributed by atoms with Crippen molar-refractivity contribution in [2.45, 2.75) is 4.90 Å². The first-order chi connectivity index (χ1) is 11.7. The van der Waals surface area contributed by atoms with Crippen LogP contribution in [0.25, 0.3) is 6.08 Å². The van der Waals surface area contributed by atoms with Crippen LogP contribution in [0.15, 0.2) is 53.4 Å². The maximum absolute atomic E-state index is 12.0. The summed E-state index contributed by atoms with van der Waals surface area (Å²) < 4.78 is 25.1. The molecule has 0 spiro atoms. The number of hydrogen-bond donors (Lipinski definition) is 1. The predicted octanol–water partition coefficient (Wildman–Crippen LogP) is 3.90. The van der Waals surface area contributed by atoms with Gasteiger partial charge < -0.3 is 5.32 Å². The molecular formula is C17H16Cl2N2O3S. The number of anilines is 1. The van der Waals surface area contributed by atoms with Gasteiger partial charge in [0.25, 0.3) is 0 Å². The summed E-state index contributed by atoms with van der Waals surface area (Å²) in [5.74, 6) is -0.390. The fourth-order valence-corrected chi connectivity index (χ4v) is 3.36. The summed E-state index contributed by atoms with van der Waals surface area (Å²) in [4.78, 5) is 12.1. The minimum atomic E-state index is -3.50. The topological polar surface area (TPSA) is 66.5 Å². The van der Waals surface area contributed by atoms with Gasteiger partial charge in [0.2, 0.25) is 15.9 Å². The van der Waals surface area contributed by atoms with E-state index in [0.29, 0.717) is 21.3 Å². The lowest BCUT2D eigenvalue weighted by Gasteiger charge is -2.11. The van der Waals surface area contributed by atoms with Crippen LogP contribution in [-0.2, 0) is 14.8 Å². The van der Waals surface area contributed by atoms with E-state index in [-0.39, 0.29) is 10.8 Å². The van der Waals surface area contributed by atoms with Crippen LogP contribution < -0.4 is 5.32 Å². The summed E-state index contributed by atoms with van der Waals surface area (Å²) >= 11 is 12.1. The normalized spacial score (nSPS) is 11.9. The van der Waals surface area contributed by atoms with Crippen LogP contribution in [0.4, 0.5) is 5.69 Å². The zero-order valence-electron chi connectivity index (χ0n) is 13.5. The highest BCUT2D eigenvalue weighted by atomic mass is 35.5. The number of sulfonamides is 1. The quantitative estimate of drug-likeness (QED) is 0.776. The van der Waals surface area contributed by atoms with Gasteiger partial charge in [-0.15, -0.1) is 0 Å². The van der Waals surface area contributed by atoms with Crippen LogP contribution in [-0.4, -0.2) is 32.7 Å². The molecule has 0 aliphatic heterocycles. The molecular weight excluding hydrogens is 383 g/mol. The van der Waals surface area contributed by atoms with Crippen molar-refractivity contribution in [3.05, 3.63) is 64.1 Å². The van der Waals surface area contributed by atoms with Gasteiger partial charge >= 0.3 is 0 Å². The van der Waals surface area contributed by atoms with E-state index < -0.39 is 10.0 Å². The van der Waals surface area contributed by atoms with Gasteiger partial charge in [-0.2, -0.15) is 0 Å². The van der Waals surface area contributed by atoms with Gasteiger partial charge in [-0.1, -0.05) is 29.3 Å². The van der Waals surface area contributed by atoms with Crippen LogP contribution in [0.5, 0.6) is 0 Å². The van der Waals surface area contributed by atoms with E-state index in [2.05, 4.69) is 5.32 Å². The van der Waals surface area contributed by atoms with Crippen LogP contribution in [0.1, 0.15) is 5.56 Å². The Bertz CT molecular complexity index is 888. The number of nitrogens with zero attached hydrogens (tertiary/aromatic N) is 1. The Morgan fingerprint density at radius 1 is 1.04 bits per heavy atom. The number of amides is 1. The maximum atomic E-state index is 12.0. The Labute approximate surface area is 156 Å². The summed E-state index contributed by atoms with van der Waals surface area (Å²) in [6.07, 6.45) is 2.82. The van der Waals surface area contributed by atoms with E-state index in [1.54, 1.807) is 18.2 Å². The van der Waals surface area contributed by atoms with Crippen molar-refractivity contribution >= 4 is 50.9 Å². The fraction of sp³-hybridized carbons (Fsp3) is 0.118. The van der Waals surface area contributed by atoms with Crippen LogP contribution in [0.2, 0.25) is 10.0 Å². The van der Waals surface area contributed by atoms with E-state index in [9.17, 15) is 13.2 Å². The average Bonchev–Trinajstić information content (AvgIpc) is 2.54. The van der Waals surface area contributed by atoms with Crippen molar-refractivity contribution in [2.75, 3.05) is 19.4 Å². The van der Waals surface area contributed by atoms with Crippen molar-refractivity contribution in [2.24, 2.45) is 0 Å². The van der Waals surface area contributed by atoms with Crippen molar-refractivity contribution in [3.8, 4) is 0 Å².